The summed E-state index contributed by atoms with van der Waals surface area (Å²) >= 11 is 6.07. The Morgan fingerprint density at radius 2 is 1.74 bits per heavy atom. The van der Waals surface area contributed by atoms with Crippen LogP contribution in [0.4, 0.5) is 5.69 Å². The molecule has 0 radical (unpaired) electrons. The van der Waals surface area contributed by atoms with Gasteiger partial charge >= 0.3 is 11.8 Å². The third-order valence-corrected chi connectivity index (χ3v) is 6.58. The van der Waals surface area contributed by atoms with Crippen LogP contribution >= 0.6 is 11.6 Å². The number of nitrogens with one attached hydrogen (secondary N) is 2. The standard InChI is InChI=1S/C24H33ClN6O3/c25-19-2-3-20-21(4-6-26-22(20)18-19)27-7-9-30-10-12-31(13-11-30)24(33)23(32)28-5-1-8-29-14-16-34-17-15-29/h2-4,6,18H,1,5,7-17H2,(H,26,27)(H,28,32). The Bertz CT molecular complexity index is 976. The number of morpholine rings is 1. The number of halogens is 1. The van der Waals surface area contributed by atoms with Crippen LogP contribution in [-0.2, 0) is 14.3 Å². The second-order valence-electron chi connectivity index (χ2n) is 8.64. The Labute approximate surface area is 205 Å². The number of benzene rings is 1. The van der Waals surface area contributed by atoms with Crippen molar-refractivity contribution in [3.05, 3.63) is 35.5 Å². The Morgan fingerprint density at radius 1 is 0.971 bits per heavy atom. The maximum absolute atomic E-state index is 12.5. The number of fused-ring (bicyclic) bond motifs is 1. The van der Waals surface area contributed by atoms with Crippen molar-refractivity contribution in [3.8, 4) is 0 Å². The number of ether oxygens (including phenoxy) is 1. The smallest absolute Gasteiger partial charge is 0.311 e. The molecule has 2 amide bonds. The molecule has 0 spiro atoms. The first-order valence-corrected chi connectivity index (χ1v) is 12.4. The number of nitrogens with zero attached hydrogens (tertiary/aromatic N) is 4. The van der Waals surface area contributed by atoms with E-state index in [-0.39, 0.29) is 0 Å². The summed E-state index contributed by atoms with van der Waals surface area (Å²) < 4.78 is 5.34. The van der Waals surface area contributed by atoms with Crippen molar-refractivity contribution in [2.45, 2.75) is 6.42 Å². The Morgan fingerprint density at radius 3 is 2.53 bits per heavy atom. The highest BCUT2D eigenvalue weighted by atomic mass is 35.5. The SMILES string of the molecule is O=C(NCCCN1CCOCC1)C(=O)N1CCN(CCNc2ccnc3cc(Cl)ccc23)CC1. The van der Waals surface area contributed by atoms with Gasteiger partial charge in [0.1, 0.15) is 0 Å². The fourth-order valence-electron chi connectivity index (χ4n) is 4.35. The summed E-state index contributed by atoms with van der Waals surface area (Å²) in [6.07, 6.45) is 2.61. The minimum Gasteiger partial charge on any atom is -0.383 e. The van der Waals surface area contributed by atoms with Crippen LogP contribution in [0.25, 0.3) is 10.9 Å². The van der Waals surface area contributed by atoms with E-state index in [0.717, 1.165) is 82.0 Å². The van der Waals surface area contributed by atoms with Gasteiger partial charge in [-0.25, -0.2) is 0 Å². The molecule has 4 rings (SSSR count). The number of hydrogen-bond donors (Lipinski definition) is 2. The zero-order valence-corrected chi connectivity index (χ0v) is 20.2. The summed E-state index contributed by atoms with van der Waals surface area (Å²) in [4.78, 5) is 35.4. The normalized spacial score (nSPS) is 17.6. The molecule has 0 unspecified atom stereocenters. The third kappa shape index (κ3) is 6.79. The van der Waals surface area contributed by atoms with Crippen LogP contribution < -0.4 is 10.6 Å². The molecule has 3 heterocycles. The number of rotatable bonds is 8. The van der Waals surface area contributed by atoms with Gasteiger partial charge in [0.05, 0.1) is 18.7 Å². The van der Waals surface area contributed by atoms with Crippen molar-refractivity contribution in [2.24, 2.45) is 0 Å². The number of carbonyl (C=O) groups excluding carboxylic acids is 2. The number of piperazine rings is 1. The van der Waals surface area contributed by atoms with Crippen LogP contribution in [-0.4, -0.2) is 110 Å². The van der Waals surface area contributed by atoms with Crippen molar-refractivity contribution in [1.29, 1.82) is 0 Å². The second kappa shape index (κ2) is 12.3. The van der Waals surface area contributed by atoms with E-state index in [1.807, 2.05) is 24.3 Å². The van der Waals surface area contributed by atoms with Gasteiger partial charge in [0.15, 0.2) is 0 Å². The van der Waals surface area contributed by atoms with Gasteiger partial charge in [-0.15, -0.1) is 0 Å². The number of aromatic nitrogens is 1. The summed E-state index contributed by atoms with van der Waals surface area (Å²) in [5, 5.41) is 7.97. The van der Waals surface area contributed by atoms with E-state index >= 15 is 0 Å². The van der Waals surface area contributed by atoms with Gasteiger partial charge in [-0.1, -0.05) is 11.6 Å². The fourth-order valence-corrected chi connectivity index (χ4v) is 4.51. The Hall–Kier alpha value is -2.46. The summed E-state index contributed by atoms with van der Waals surface area (Å²) in [6.45, 7) is 9.10. The molecule has 0 aliphatic carbocycles. The third-order valence-electron chi connectivity index (χ3n) is 6.34. The molecule has 2 fully saturated rings. The van der Waals surface area contributed by atoms with Crippen LogP contribution in [0.3, 0.4) is 0 Å². The molecule has 2 saturated heterocycles. The quantitative estimate of drug-likeness (QED) is 0.427. The van der Waals surface area contributed by atoms with Crippen LogP contribution in [0.5, 0.6) is 0 Å². The number of hydrogen-bond acceptors (Lipinski definition) is 7. The van der Waals surface area contributed by atoms with E-state index in [9.17, 15) is 9.59 Å². The average molecular weight is 489 g/mol. The van der Waals surface area contributed by atoms with Gasteiger partial charge in [0, 0.05) is 81.2 Å². The Kier molecular flexibility index (Phi) is 8.92. The lowest BCUT2D eigenvalue weighted by atomic mass is 10.2. The van der Waals surface area contributed by atoms with Crippen molar-refractivity contribution in [3.63, 3.8) is 0 Å². The zero-order valence-electron chi connectivity index (χ0n) is 19.5. The monoisotopic (exact) mass is 488 g/mol. The highest BCUT2D eigenvalue weighted by Crippen LogP contribution is 2.24. The Balaban J connectivity index is 1.13. The molecule has 0 bridgehead atoms. The lowest BCUT2D eigenvalue weighted by Crippen LogP contribution is -2.53. The molecule has 34 heavy (non-hydrogen) atoms. The molecule has 2 aromatic rings. The van der Waals surface area contributed by atoms with Crippen molar-refractivity contribution in [1.82, 2.24) is 25.0 Å². The molecule has 1 aromatic heterocycles. The van der Waals surface area contributed by atoms with Gasteiger partial charge < -0.3 is 20.3 Å². The predicted molar refractivity (Wildman–Crippen MR) is 133 cm³/mol. The van der Waals surface area contributed by atoms with Gasteiger partial charge in [-0.05, 0) is 37.2 Å². The minimum absolute atomic E-state index is 0.425. The van der Waals surface area contributed by atoms with Crippen molar-refractivity contribution < 1.29 is 14.3 Å². The first kappa shape index (κ1) is 24.7. The molecule has 1 aromatic carbocycles. The van der Waals surface area contributed by atoms with Crippen LogP contribution in [0.2, 0.25) is 5.02 Å². The van der Waals surface area contributed by atoms with Crippen molar-refractivity contribution in [2.75, 3.05) is 84.0 Å². The molecule has 0 saturated carbocycles. The molecular formula is C24H33ClN6O3. The molecule has 2 aliphatic rings. The van der Waals surface area contributed by atoms with E-state index in [0.29, 0.717) is 24.7 Å². The van der Waals surface area contributed by atoms with E-state index in [1.54, 1.807) is 11.1 Å². The topological polar surface area (TPSA) is 90.0 Å². The molecule has 184 valence electrons. The number of amides is 2. The minimum atomic E-state index is -0.498. The van der Waals surface area contributed by atoms with E-state index in [4.69, 9.17) is 16.3 Å². The summed E-state index contributed by atoms with van der Waals surface area (Å²) in [6, 6.07) is 7.67. The molecule has 10 heteroatoms. The fraction of sp³-hybridized carbons (Fsp3) is 0.542. The predicted octanol–water partition coefficient (Wildman–Crippen LogP) is 1.28. The average Bonchev–Trinajstić information content (AvgIpc) is 2.87. The first-order valence-electron chi connectivity index (χ1n) is 12.0. The molecular weight excluding hydrogens is 456 g/mol. The molecule has 2 aliphatic heterocycles. The largest absolute Gasteiger partial charge is 0.383 e. The lowest BCUT2D eigenvalue weighted by molar-refractivity contribution is -0.147. The van der Waals surface area contributed by atoms with Crippen molar-refractivity contribution >= 4 is 40.0 Å². The van der Waals surface area contributed by atoms with E-state index in [2.05, 4.69) is 25.4 Å². The number of anilines is 1. The van der Waals surface area contributed by atoms with E-state index < -0.39 is 11.8 Å². The number of pyridine rings is 1. The zero-order chi connectivity index (χ0) is 23.8. The second-order valence-corrected chi connectivity index (χ2v) is 9.08. The maximum atomic E-state index is 12.5. The first-order chi connectivity index (χ1) is 16.6. The lowest BCUT2D eigenvalue weighted by Gasteiger charge is -2.34. The van der Waals surface area contributed by atoms with Gasteiger partial charge in [0.25, 0.3) is 0 Å². The highest BCUT2D eigenvalue weighted by molar-refractivity contribution is 6.35. The van der Waals surface area contributed by atoms with Crippen LogP contribution in [0.15, 0.2) is 30.5 Å². The molecule has 9 nitrogen and oxygen atoms in total. The van der Waals surface area contributed by atoms with Gasteiger partial charge in [0.2, 0.25) is 0 Å². The summed E-state index contributed by atoms with van der Waals surface area (Å²) in [5.74, 6) is -0.923. The molecule has 2 N–H and O–H groups in total. The van der Waals surface area contributed by atoms with Gasteiger partial charge in [-0.2, -0.15) is 0 Å². The summed E-state index contributed by atoms with van der Waals surface area (Å²) in [5.41, 5.74) is 1.89. The molecule has 0 atom stereocenters. The summed E-state index contributed by atoms with van der Waals surface area (Å²) in [7, 11) is 0. The number of carbonyl (C=O) groups is 2. The van der Waals surface area contributed by atoms with Gasteiger partial charge in [-0.3, -0.25) is 24.4 Å². The van der Waals surface area contributed by atoms with E-state index in [1.165, 1.54) is 0 Å². The van der Waals surface area contributed by atoms with Crippen LogP contribution in [0.1, 0.15) is 6.42 Å². The van der Waals surface area contributed by atoms with Crippen LogP contribution in [0, 0.1) is 0 Å². The highest BCUT2D eigenvalue weighted by Gasteiger charge is 2.25. The maximum Gasteiger partial charge on any atom is 0.311 e.